The summed E-state index contributed by atoms with van der Waals surface area (Å²) < 4.78 is 19.8. The van der Waals surface area contributed by atoms with E-state index in [1.807, 2.05) is 42.5 Å². The van der Waals surface area contributed by atoms with Gasteiger partial charge in [0.05, 0.1) is 30.4 Å². The van der Waals surface area contributed by atoms with Gasteiger partial charge >= 0.3 is 0 Å². The van der Waals surface area contributed by atoms with E-state index in [-0.39, 0.29) is 42.4 Å². The van der Waals surface area contributed by atoms with Crippen molar-refractivity contribution in [1.29, 1.82) is 5.26 Å². The fourth-order valence-electron chi connectivity index (χ4n) is 6.82. The molecule has 258 valence electrons. The zero-order valence-electron chi connectivity index (χ0n) is 27.4. The van der Waals surface area contributed by atoms with Gasteiger partial charge in [-0.25, -0.2) is 4.98 Å². The van der Waals surface area contributed by atoms with Crippen molar-refractivity contribution < 1.29 is 28.9 Å². The number of benzene rings is 2. The van der Waals surface area contributed by atoms with Crippen LogP contribution in [0, 0.1) is 11.3 Å². The first kappa shape index (κ1) is 33.8. The van der Waals surface area contributed by atoms with Crippen molar-refractivity contribution in [2.75, 3.05) is 33.9 Å². The summed E-state index contributed by atoms with van der Waals surface area (Å²) in [4.78, 5) is 16.5. The van der Waals surface area contributed by atoms with Crippen LogP contribution in [-0.4, -0.2) is 69.7 Å². The lowest BCUT2D eigenvalue weighted by Crippen LogP contribution is -2.24. The Bertz CT molecular complexity index is 2200. The number of nitriles is 1. The summed E-state index contributed by atoms with van der Waals surface area (Å²) in [6, 6.07) is 15.6. The van der Waals surface area contributed by atoms with Crippen LogP contribution in [0.3, 0.4) is 0 Å². The van der Waals surface area contributed by atoms with Crippen molar-refractivity contribution in [1.82, 2.24) is 19.4 Å². The number of fused-ring (bicyclic) bond motifs is 2. The normalized spacial score (nSPS) is 17.7. The lowest BCUT2D eigenvalue weighted by molar-refractivity contribution is 0.174. The first-order valence-corrected chi connectivity index (χ1v) is 16.9. The Kier molecular flexibility index (Phi) is 9.68. The van der Waals surface area contributed by atoms with Crippen molar-refractivity contribution in [2.24, 2.45) is 5.16 Å². The maximum atomic E-state index is 9.94. The fraction of sp³-hybridized carbons (Fsp3) is 0.333. The molecule has 2 atom stereocenters. The molecule has 1 fully saturated rings. The molecule has 3 aromatic heterocycles. The van der Waals surface area contributed by atoms with Gasteiger partial charge in [-0.2, -0.15) is 10.2 Å². The number of rotatable bonds is 10. The fourth-order valence-corrected chi connectivity index (χ4v) is 7.34. The molecule has 0 bridgehead atoms. The Morgan fingerprint density at radius 1 is 1.08 bits per heavy atom. The highest BCUT2D eigenvalue weighted by molar-refractivity contribution is 6.36. The topological polar surface area (TPSA) is 151 Å². The second-order valence-electron chi connectivity index (χ2n) is 12.2. The number of hydrogen-bond donors (Lipinski definition) is 2. The van der Waals surface area contributed by atoms with Crippen molar-refractivity contribution in [3.63, 3.8) is 0 Å². The molecule has 0 saturated carbocycles. The van der Waals surface area contributed by atoms with Gasteiger partial charge in [-0.1, -0.05) is 58.7 Å². The second kappa shape index (κ2) is 14.3. The summed E-state index contributed by atoms with van der Waals surface area (Å²) in [6.07, 6.45) is 3.11. The molecule has 7 rings (SSSR count). The summed E-state index contributed by atoms with van der Waals surface area (Å²) in [6.45, 7) is 1.97. The molecular formula is C36H34Cl2N6O6. The van der Waals surface area contributed by atoms with Crippen molar-refractivity contribution in [2.45, 2.75) is 44.6 Å². The van der Waals surface area contributed by atoms with E-state index in [2.05, 4.69) is 21.1 Å². The Morgan fingerprint density at radius 2 is 1.88 bits per heavy atom. The molecule has 5 aromatic rings. The molecule has 2 aromatic carbocycles. The van der Waals surface area contributed by atoms with E-state index in [1.54, 1.807) is 17.9 Å². The van der Waals surface area contributed by atoms with E-state index in [4.69, 9.17) is 46.9 Å². The predicted octanol–water partition coefficient (Wildman–Crippen LogP) is 5.63. The molecule has 1 saturated heterocycles. The lowest BCUT2D eigenvalue weighted by atomic mass is 9.95. The third-order valence-electron chi connectivity index (χ3n) is 9.09. The van der Waals surface area contributed by atoms with E-state index in [9.17, 15) is 15.5 Å². The van der Waals surface area contributed by atoms with Gasteiger partial charge < -0.3 is 33.5 Å². The number of methoxy groups -OCH3 is 1. The standard InChI is InChI=1S/C36H34Cl2N6O6/c1-47-34-20(17-43-12-11-22(46)19-43)15-28(37)36(41-34)49-29-10-9-24-23(5-3-6-25(24)29)26-7-4-8-27(30(26)38)35-40-31-32(50-35)21(16-39)18-44(13-14-45)33(31)42-48-2/h3-8,15,18,22,29,45-46H,9-14,17,19H2,1-2H3/b42-33-/t22-,29+/m1/s1. The van der Waals surface area contributed by atoms with E-state index < -0.39 is 0 Å². The molecule has 2 aliphatic rings. The molecule has 1 aliphatic carbocycles. The van der Waals surface area contributed by atoms with Gasteiger partial charge in [0.1, 0.15) is 29.9 Å². The van der Waals surface area contributed by atoms with E-state index in [1.165, 1.54) is 7.11 Å². The molecule has 12 nitrogen and oxygen atoms in total. The number of aromatic nitrogens is 3. The maximum absolute atomic E-state index is 9.94. The average molecular weight is 718 g/mol. The Hall–Kier alpha value is -4.64. The summed E-state index contributed by atoms with van der Waals surface area (Å²) >= 11 is 13.8. The van der Waals surface area contributed by atoms with Crippen LogP contribution < -0.4 is 15.0 Å². The van der Waals surface area contributed by atoms with Crippen LogP contribution in [0.4, 0.5) is 0 Å². The SMILES string of the molecule is CO/N=c1/c2nc(-c3cccc(-c4cccc5c4CC[C@@H]5Oc4nc(OC)c(CN5CC[C@@H](O)C5)cc4Cl)c3Cl)oc2c(C#N)cn1CCO. The van der Waals surface area contributed by atoms with Crippen LogP contribution in [0.1, 0.15) is 41.2 Å². The Labute approximate surface area is 297 Å². The lowest BCUT2D eigenvalue weighted by Gasteiger charge is -2.20. The van der Waals surface area contributed by atoms with Gasteiger partial charge in [0, 0.05) is 43.5 Å². The largest absolute Gasteiger partial charge is 0.481 e. The number of hydrogen-bond acceptors (Lipinski definition) is 11. The molecule has 4 heterocycles. The van der Waals surface area contributed by atoms with Gasteiger partial charge in [-0.15, -0.1) is 0 Å². The van der Waals surface area contributed by atoms with Gasteiger partial charge in [0.15, 0.2) is 11.1 Å². The van der Waals surface area contributed by atoms with Crippen LogP contribution in [0.2, 0.25) is 10.0 Å². The number of aliphatic hydroxyl groups is 2. The molecule has 0 radical (unpaired) electrons. The van der Waals surface area contributed by atoms with Gasteiger partial charge in [-0.05, 0) is 48.1 Å². The molecule has 14 heteroatoms. The molecule has 50 heavy (non-hydrogen) atoms. The molecule has 0 spiro atoms. The first-order chi connectivity index (χ1) is 24.3. The molecular weight excluding hydrogens is 683 g/mol. The first-order valence-electron chi connectivity index (χ1n) is 16.2. The van der Waals surface area contributed by atoms with E-state index in [0.29, 0.717) is 57.9 Å². The summed E-state index contributed by atoms with van der Waals surface area (Å²) in [7, 11) is 2.98. The van der Waals surface area contributed by atoms with Crippen molar-refractivity contribution >= 4 is 34.3 Å². The number of pyridine rings is 2. The number of ether oxygens (including phenoxy) is 2. The third kappa shape index (κ3) is 6.27. The quantitative estimate of drug-likeness (QED) is 0.174. The van der Waals surface area contributed by atoms with Gasteiger partial charge in [-0.3, -0.25) is 4.90 Å². The highest BCUT2D eigenvalue weighted by atomic mass is 35.5. The minimum atomic E-state index is -0.326. The number of likely N-dealkylation sites (tertiary alicyclic amines) is 1. The number of oxazole rings is 1. The molecule has 0 unspecified atom stereocenters. The molecule has 2 N–H and O–H groups in total. The zero-order valence-corrected chi connectivity index (χ0v) is 28.9. The highest BCUT2D eigenvalue weighted by Gasteiger charge is 2.30. The number of halogens is 2. The third-order valence-corrected chi connectivity index (χ3v) is 9.76. The van der Waals surface area contributed by atoms with Crippen LogP contribution in [0.25, 0.3) is 33.7 Å². The number of aliphatic hydroxyl groups excluding tert-OH is 2. The molecule has 0 amide bonds. The summed E-state index contributed by atoms with van der Waals surface area (Å²) in [5, 5.41) is 34.3. The van der Waals surface area contributed by atoms with Gasteiger partial charge in [0.25, 0.3) is 0 Å². The minimum Gasteiger partial charge on any atom is -0.481 e. The van der Waals surface area contributed by atoms with Gasteiger partial charge in [0.2, 0.25) is 23.1 Å². The maximum Gasteiger partial charge on any atom is 0.236 e. The highest BCUT2D eigenvalue weighted by Crippen LogP contribution is 2.45. The number of nitrogens with zero attached hydrogens (tertiary/aromatic N) is 6. The second-order valence-corrected chi connectivity index (χ2v) is 13.0. The Balaban J connectivity index is 1.21. The van der Waals surface area contributed by atoms with Crippen LogP contribution in [0.5, 0.6) is 11.8 Å². The Morgan fingerprint density at radius 3 is 2.62 bits per heavy atom. The predicted molar refractivity (Wildman–Crippen MR) is 186 cm³/mol. The van der Waals surface area contributed by atoms with Crippen molar-refractivity contribution in [3.8, 4) is 40.4 Å². The minimum absolute atomic E-state index is 0.172. The summed E-state index contributed by atoms with van der Waals surface area (Å²) in [5.41, 5.74) is 6.29. The van der Waals surface area contributed by atoms with Crippen LogP contribution >= 0.6 is 23.2 Å². The zero-order chi connectivity index (χ0) is 34.9. The van der Waals surface area contributed by atoms with Crippen LogP contribution in [-0.2, 0) is 24.3 Å². The van der Waals surface area contributed by atoms with Crippen molar-refractivity contribution in [3.05, 3.63) is 86.4 Å². The van der Waals surface area contributed by atoms with E-state index >= 15 is 0 Å². The van der Waals surface area contributed by atoms with Crippen LogP contribution in [0.15, 0.2) is 58.2 Å². The monoisotopic (exact) mass is 716 g/mol. The number of β-amino-alcohol motifs (C(OH)–C–C–N with tert-alkyl or cyclic N) is 1. The molecule has 1 aliphatic heterocycles. The van der Waals surface area contributed by atoms with E-state index in [0.717, 1.165) is 47.2 Å². The smallest absolute Gasteiger partial charge is 0.236 e. The average Bonchev–Trinajstić information content (AvgIpc) is 3.86. The summed E-state index contributed by atoms with van der Waals surface area (Å²) in [5.74, 6) is 0.948.